The predicted octanol–water partition coefficient (Wildman–Crippen LogP) is 4.17. The zero-order valence-corrected chi connectivity index (χ0v) is 18.6. The molecule has 2 aromatic carbocycles. The summed E-state index contributed by atoms with van der Waals surface area (Å²) in [5, 5.41) is 7.20. The maximum Gasteiger partial charge on any atom is 0.241 e. The van der Waals surface area contributed by atoms with Gasteiger partial charge in [-0.1, -0.05) is 53.2 Å². The third kappa shape index (κ3) is 6.18. The smallest absolute Gasteiger partial charge is 0.241 e. The van der Waals surface area contributed by atoms with Crippen molar-refractivity contribution in [2.75, 3.05) is 25.4 Å². The van der Waals surface area contributed by atoms with E-state index in [4.69, 9.17) is 4.52 Å². The molecule has 1 atom stereocenters. The van der Waals surface area contributed by atoms with Gasteiger partial charge in [-0.05, 0) is 38.4 Å². The second-order valence-electron chi connectivity index (χ2n) is 7.90. The van der Waals surface area contributed by atoms with E-state index in [0.717, 1.165) is 37.2 Å². The first-order valence-electron chi connectivity index (χ1n) is 10.7. The maximum absolute atomic E-state index is 12.6. The van der Waals surface area contributed by atoms with Gasteiger partial charge in [0.1, 0.15) is 0 Å². The van der Waals surface area contributed by atoms with E-state index < -0.39 is 0 Å². The summed E-state index contributed by atoms with van der Waals surface area (Å²) in [6, 6.07) is 18.3. The summed E-state index contributed by atoms with van der Waals surface area (Å²) in [5.41, 5.74) is 2.20. The highest BCUT2D eigenvalue weighted by Crippen LogP contribution is 2.21. The Balaban J connectivity index is 1.22. The normalized spacial score (nSPS) is 16.9. The van der Waals surface area contributed by atoms with Crippen LogP contribution in [0.4, 0.5) is 0 Å². The van der Waals surface area contributed by atoms with E-state index in [1.807, 2.05) is 30.3 Å². The van der Waals surface area contributed by atoms with Crippen LogP contribution in [0, 0.1) is 12.8 Å². The molecule has 3 aromatic rings. The van der Waals surface area contributed by atoms with E-state index in [2.05, 4.69) is 51.5 Å². The van der Waals surface area contributed by atoms with E-state index in [9.17, 15) is 4.79 Å². The van der Waals surface area contributed by atoms with Crippen molar-refractivity contribution in [3.8, 4) is 11.4 Å². The van der Waals surface area contributed by atoms with Crippen molar-refractivity contribution in [2.45, 2.75) is 31.2 Å². The molecule has 0 spiro atoms. The van der Waals surface area contributed by atoms with Gasteiger partial charge in [-0.2, -0.15) is 4.98 Å². The molecule has 2 heterocycles. The molecule has 1 saturated heterocycles. The van der Waals surface area contributed by atoms with E-state index in [1.54, 1.807) is 11.8 Å². The first-order chi connectivity index (χ1) is 15.2. The van der Waals surface area contributed by atoms with Crippen LogP contribution in [0.3, 0.4) is 0 Å². The molecule has 7 heteroatoms. The molecule has 1 fully saturated rings. The highest BCUT2D eigenvalue weighted by molar-refractivity contribution is 7.99. The number of carbonyl (C=O) groups excluding carboxylic acids is 1. The lowest BCUT2D eigenvalue weighted by molar-refractivity contribution is -0.126. The average Bonchev–Trinajstić information content (AvgIpc) is 3.27. The number of aryl methyl sites for hydroxylation is 1. The molecule has 1 aliphatic heterocycles. The molecule has 162 valence electrons. The summed E-state index contributed by atoms with van der Waals surface area (Å²) >= 11 is 1.77. The number of piperidine rings is 1. The number of nitrogens with zero attached hydrogens (tertiary/aromatic N) is 3. The van der Waals surface area contributed by atoms with Crippen molar-refractivity contribution in [3.63, 3.8) is 0 Å². The van der Waals surface area contributed by atoms with Crippen LogP contribution in [0.2, 0.25) is 0 Å². The van der Waals surface area contributed by atoms with E-state index in [1.165, 1.54) is 10.5 Å². The fourth-order valence-electron chi connectivity index (χ4n) is 3.75. The lowest BCUT2D eigenvalue weighted by atomic mass is 9.97. The van der Waals surface area contributed by atoms with Crippen LogP contribution >= 0.6 is 11.8 Å². The zero-order chi connectivity index (χ0) is 21.5. The molecule has 1 amide bonds. The van der Waals surface area contributed by atoms with Gasteiger partial charge in [0.2, 0.25) is 17.6 Å². The number of benzene rings is 2. The molecule has 1 unspecified atom stereocenters. The van der Waals surface area contributed by atoms with Gasteiger partial charge in [-0.25, -0.2) is 0 Å². The minimum absolute atomic E-state index is 0.00893. The van der Waals surface area contributed by atoms with Crippen molar-refractivity contribution in [3.05, 3.63) is 66.1 Å². The first kappa shape index (κ1) is 21.6. The minimum atomic E-state index is 0.00893. The Kier molecular flexibility index (Phi) is 7.38. The van der Waals surface area contributed by atoms with Crippen LogP contribution in [0.5, 0.6) is 0 Å². The van der Waals surface area contributed by atoms with Gasteiger partial charge in [-0.15, -0.1) is 11.8 Å². The molecule has 1 aliphatic rings. The van der Waals surface area contributed by atoms with Crippen LogP contribution < -0.4 is 5.32 Å². The number of nitrogens with one attached hydrogen (secondary N) is 1. The number of hydrogen-bond acceptors (Lipinski definition) is 6. The zero-order valence-electron chi connectivity index (χ0n) is 17.8. The lowest BCUT2D eigenvalue weighted by Gasteiger charge is -2.30. The molecule has 4 rings (SSSR count). The van der Waals surface area contributed by atoms with Gasteiger partial charge in [0.05, 0.1) is 12.5 Å². The van der Waals surface area contributed by atoms with Gasteiger partial charge >= 0.3 is 0 Å². The summed E-state index contributed by atoms with van der Waals surface area (Å²) < 4.78 is 5.44. The predicted molar refractivity (Wildman–Crippen MR) is 123 cm³/mol. The molecule has 0 saturated carbocycles. The van der Waals surface area contributed by atoms with Crippen molar-refractivity contribution < 1.29 is 9.32 Å². The Bertz CT molecular complexity index is 975. The highest BCUT2D eigenvalue weighted by atomic mass is 32.2. The van der Waals surface area contributed by atoms with Crippen molar-refractivity contribution in [2.24, 2.45) is 5.92 Å². The van der Waals surface area contributed by atoms with Gasteiger partial charge in [0.15, 0.2) is 0 Å². The Morgan fingerprint density at radius 3 is 2.81 bits per heavy atom. The number of hydrogen-bond donors (Lipinski definition) is 1. The number of amides is 1. The van der Waals surface area contributed by atoms with E-state index in [0.29, 0.717) is 24.8 Å². The Labute approximate surface area is 187 Å². The monoisotopic (exact) mass is 436 g/mol. The van der Waals surface area contributed by atoms with Crippen molar-refractivity contribution in [1.82, 2.24) is 20.4 Å². The quantitative estimate of drug-likeness (QED) is 0.422. The second-order valence-corrected chi connectivity index (χ2v) is 9.07. The second kappa shape index (κ2) is 10.6. The van der Waals surface area contributed by atoms with E-state index >= 15 is 0 Å². The molecule has 31 heavy (non-hydrogen) atoms. The first-order valence-corrected chi connectivity index (χ1v) is 11.7. The molecular weight excluding hydrogens is 408 g/mol. The van der Waals surface area contributed by atoms with Gasteiger partial charge in [-0.3, -0.25) is 9.69 Å². The molecule has 0 aliphatic carbocycles. The van der Waals surface area contributed by atoms with Crippen LogP contribution in [-0.2, 0) is 11.3 Å². The SMILES string of the molecule is Cc1ccc(SCCNC(=O)C2CCCN(Cc3nc(-c4ccccc4)no3)C2)cc1. The largest absolute Gasteiger partial charge is 0.355 e. The minimum Gasteiger partial charge on any atom is -0.355 e. The summed E-state index contributed by atoms with van der Waals surface area (Å²) in [5.74, 6) is 2.22. The number of likely N-dealkylation sites (tertiary alicyclic amines) is 1. The lowest BCUT2D eigenvalue weighted by Crippen LogP contribution is -2.43. The Hall–Kier alpha value is -2.64. The topological polar surface area (TPSA) is 71.3 Å². The molecule has 1 N–H and O–H groups in total. The van der Waals surface area contributed by atoms with Crippen LogP contribution in [0.1, 0.15) is 24.3 Å². The molecule has 0 radical (unpaired) electrons. The maximum atomic E-state index is 12.6. The summed E-state index contributed by atoms with van der Waals surface area (Å²) in [6.45, 7) is 5.00. The summed E-state index contributed by atoms with van der Waals surface area (Å²) in [7, 11) is 0. The van der Waals surface area contributed by atoms with Crippen molar-refractivity contribution in [1.29, 1.82) is 0 Å². The van der Waals surface area contributed by atoms with Crippen LogP contribution in [0.15, 0.2) is 64.0 Å². The fourth-order valence-corrected chi connectivity index (χ4v) is 4.52. The average molecular weight is 437 g/mol. The van der Waals surface area contributed by atoms with Crippen molar-refractivity contribution >= 4 is 17.7 Å². The Morgan fingerprint density at radius 2 is 2.00 bits per heavy atom. The van der Waals surface area contributed by atoms with Crippen LogP contribution in [-0.4, -0.2) is 46.3 Å². The van der Waals surface area contributed by atoms with Gasteiger partial charge in [0.25, 0.3) is 0 Å². The third-order valence-electron chi connectivity index (χ3n) is 5.43. The molecule has 0 bridgehead atoms. The Morgan fingerprint density at radius 1 is 1.19 bits per heavy atom. The number of rotatable bonds is 8. The molecular formula is C24H28N4O2S. The summed E-state index contributed by atoms with van der Waals surface area (Å²) in [6.07, 6.45) is 1.92. The highest BCUT2D eigenvalue weighted by Gasteiger charge is 2.26. The number of aromatic nitrogens is 2. The summed E-state index contributed by atoms with van der Waals surface area (Å²) in [4.78, 5) is 20.6. The molecule has 6 nitrogen and oxygen atoms in total. The van der Waals surface area contributed by atoms with Gasteiger partial charge in [0, 0.05) is 29.3 Å². The van der Waals surface area contributed by atoms with E-state index in [-0.39, 0.29) is 11.8 Å². The molecule has 1 aromatic heterocycles. The third-order valence-corrected chi connectivity index (χ3v) is 6.44. The number of carbonyl (C=O) groups is 1. The number of thioether (sulfide) groups is 1. The fraction of sp³-hybridized carbons (Fsp3) is 0.375. The van der Waals surface area contributed by atoms with Gasteiger partial charge < -0.3 is 9.84 Å². The standard InChI is InChI=1S/C24H28N4O2S/c1-18-9-11-21(12-10-18)31-15-13-25-24(29)20-8-5-14-28(16-20)17-22-26-23(27-30-22)19-6-3-2-4-7-19/h2-4,6-7,9-12,20H,5,8,13-17H2,1H3,(H,25,29). The van der Waals surface area contributed by atoms with Crippen LogP contribution in [0.25, 0.3) is 11.4 Å².